The molecule has 6 aliphatic rings. The number of benzene rings is 3. The largest absolute Gasteiger partial charge is 0.480 e. The number of para-hydroxylation sites is 1. The number of ketones is 2. The first kappa shape index (κ1) is 89.8. The van der Waals surface area contributed by atoms with Crippen molar-refractivity contribution >= 4 is 82.4 Å². The number of hydrogen-bond donors (Lipinski definition) is 11. The van der Waals surface area contributed by atoms with Crippen molar-refractivity contribution < 1.29 is 114 Å². The van der Waals surface area contributed by atoms with E-state index in [1.54, 1.807) is 25.7 Å². The molecule has 2 unspecified atom stereocenters. The minimum absolute atomic E-state index is 0.00726. The third-order valence-electron chi connectivity index (χ3n) is 22.0. The van der Waals surface area contributed by atoms with Crippen molar-refractivity contribution in [2.24, 2.45) is 34.3 Å². The Morgan fingerprint density at radius 3 is 2.08 bits per heavy atom. The molecule has 10 amide bonds. The summed E-state index contributed by atoms with van der Waals surface area (Å²) < 4.78 is 79.9. The van der Waals surface area contributed by atoms with E-state index in [0.717, 1.165) is 22.8 Å². The number of nitrogens with one attached hydrogen (secondary N) is 8. The van der Waals surface area contributed by atoms with Crippen molar-refractivity contribution in [3.63, 3.8) is 0 Å². The zero-order valence-electron chi connectivity index (χ0n) is 65.9. The molecule has 630 valence electrons. The van der Waals surface area contributed by atoms with Gasteiger partial charge in [-0.25, -0.2) is 23.2 Å². The summed E-state index contributed by atoms with van der Waals surface area (Å²) in [4.78, 5) is 157. The molecule has 9 rings (SSSR count). The van der Waals surface area contributed by atoms with Crippen LogP contribution in [0.4, 0.5) is 29.7 Å². The number of halogens is 2. The molecule has 13 atom stereocenters. The molecule has 34 heteroatoms. The van der Waals surface area contributed by atoms with Gasteiger partial charge in [-0.1, -0.05) is 94.5 Å². The van der Waals surface area contributed by atoms with E-state index in [-0.39, 0.29) is 153 Å². The first-order valence-electron chi connectivity index (χ1n) is 39.2. The number of carbonyl (C=O) groups is 12. The number of aliphatic carboxylic acids is 1. The fourth-order valence-electron chi connectivity index (χ4n) is 16.1. The molecule has 4 fully saturated rings. The summed E-state index contributed by atoms with van der Waals surface area (Å²) >= 11 is 0. The fourth-order valence-corrected chi connectivity index (χ4v) is 16.1. The molecule has 3 aromatic rings. The Kier molecular flexibility index (Phi) is 32.6. The molecule has 0 aromatic heterocycles. The minimum atomic E-state index is -2.39. The quantitative estimate of drug-likeness (QED) is 0.0212. The van der Waals surface area contributed by atoms with Crippen molar-refractivity contribution in [2.45, 2.75) is 179 Å². The van der Waals surface area contributed by atoms with Crippen LogP contribution in [0.25, 0.3) is 0 Å². The van der Waals surface area contributed by atoms with Crippen molar-refractivity contribution in [1.29, 1.82) is 0 Å². The van der Waals surface area contributed by atoms with E-state index in [1.807, 2.05) is 55.5 Å². The van der Waals surface area contributed by atoms with E-state index < -0.39 is 168 Å². The van der Waals surface area contributed by atoms with Crippen molar-refractivity contribution in [2.75, 3.05) is 96.0 Å². The van der Waals surface area contributed by atoms with E-state index in [9.17, 15) is 67.7 Å². The second kappa shape index (κ2) is 42.1. The Hall–Kier alpha value is -10.1. The predicted octanol–water partition coefficient (Wildman–Crippen LogP) is 4.44. The number of allylic oxidation sites excluding steroid dienone is 4. The van der Waals surface area contributed by atoms with Gasteiger partial charge in [-0.15, -0.1) is 0 Å². The molecule has 12 N–H and O–H groups in total. The van der Waals surface area contributed by atoms with Crippen molar-refractivity contribution in [3.05, 3.63) is 119 Å². The molecule has 0 bridgehead atoms. The first-order chi connectivity index (χ1) is 55.5. The van der Waals surface area contributed by atoms with Crippen LogP contribution >= 0.6 is 0 Å². The Morgan fingerprint density at radius 1 is 0.707 bits per heavy atom. The number of Topliss-reactive ketones (excluding diaryl/α,β-unsaturated/α-hetero) is 1. The van der Waals surface area contributed by atoms with Gasteiger partial charge in [0.15, 0.2) is 29.1 Å². The highest BCUT2D eigenvalue weighted by atomic mass is 19.1. The van der Waals surface area contributed by atoms with E-state index in [0.29, 0.717) is 30.6 Å². The van der Waals surface area contributed by atoms with Gasteiger partial charge in [0, 0.05) is 72.3 Å². The SMILES string of the molecule is CCCC1O[C@@H]2C[C@H]3[C@@H]4C[C@H](F)C5=CC(=O)C=C[C@]5(C)[C@@]4(F)[C@@H](O)C[C@]3(C)[C@]2(C(=O)COCNC(=O)CNC(=O)OCc2ccc(NC(=O)[C@H](CCCNC(N)=O)NC(=O)[C@@H](NC(=O)CCC(NC(=O)CCOCCOCCOCCOCCNC(=O)CCC(=O)N3Cc4ccccc4C#Cc4ccccc43)C(=O)O)C(C)C)cc2)O1. The van der Waals surface area contributed by atoms with Gasteiger partial charge < -0.3 is 101 Å². The van der Waals surface area contributed by atoms with Crippen LogP contribution in [0.1, 0.15) is 134 Å². The number of amides is 10. The lowest BCUT2D eigenvalue weighted by Crippen LogP contribution is -2.71. The molecule has 2 heterocycles. The number of urea groups is 1. The zero-order chi connectivity index (χ0) is 83.7. The third-order valence-corrected chi connectivity index (χ3v) is 22.0. The molecule has 1 saturated heterocycles. The highest BCUT2D eigenvalue weighted by molar-refractivity contribution is 6.02. The lowest BCUT2D eigenvalue weighted by molar-refractivity contribution is -0.235. The number of carbonyl (C=O) groups excluding carboxylic acids is 11. The number of fused-ring (bicyclic) bond motifs is 9. The number of hydrogen-bond acceptors (Lipinski definition) is 21. The summed E-state index contributed by atoms with van der Waals surface area (Å²) in [6.07, 6.45) is -2.59. The Balaban J connectivity index is 0.616. The minimum Gasteiger partial charge on any atom is -0.480 e. The van der Waals surface area contributed by atoms with Gasteiger partial charge in [-0.3, -0.25) is 43.2 Å². The number of primary amides is 1. The number of ether oxygens (including phenoxy) is 8. The summed E-state index contributed by atoms with van der Waals surface area (Å²) in [6, 6.07) is 16.4. The van der Waals surface area contributed by atoms with Gasteiger partial charge in [0.25, 0.3) is 0 Å². The van der Waals surface area contributed by atoms with Crippen LogP contribution < -0.4 is 53.2 Å². The molecule has 2 aliphatic heterocycles. The van der Waals surface area contributed by atoms with E-state index in [1.165, 1.54) is 43.3 Å². The molecule has 116 heavy (non-hydrogen) atoms. The normalized spacial score (nSPS) is 24.0. The molecular weight excluding hydrogens is 1510 g/mol. The summed E-state index contributed by atoms with van der Waals surface area (Å²) in [5, 5.41) is 42.1. The Morgan fingerprint density at radius 2 is 1.38 bits per heavy atom. The summed E-state index contributed by atoms with van der Waals surface area (Å²) in [7, 11) is 0. The Bertz CT molecular complexity index is 4160. The number of nitrogens with two attached hydrogens (primary N) is 1. The summed E-state index contributed by atoms with van der Waals surface area (Å²) in [6.45, 7) is 8.60. The number of rotatable bonds is 44. The van der Waals surface area contributed by atoms with Gasteiger partial charge in [0.05, 0.1) is 77.3 Å². The van der Waals surface area contributed by atoms with Gasteiger partial charge >= 0.3 is 18.1 Å². The molecular formula is C82H106F2N10O22. The lowest BCUT2D eigenvalue weighted by Gasteiger charge is -2.63. The number of carboxylic acid groups (broad SMARTS) is 1. The second-order valence-corrected chi connectivity index (χ2v) is 30.2. The highest BCUT2D eigenvalue weighted by Gasteiger charge is 2.80. The average molecular weight is 1620 g/mol. The van der Waals surface area contributed by atoms with Crippen LogP contribution in [0.15, 0.2) is 96.6 Å². The van der Waals surface area contributed by atoms with Crippen LogP contribution in [0.5, 0.6) is 0 Å². The number of carboxylic acids is 1. The maximum Gasteiger partial charge on any atom is 0.407 e. The fraction of sp³-hybridized carbons (Fsp3) is 0.561. The predicted molar refractivity (Wildman–Crippen MR) is 413 cm³/mol. The average Bonchev–Trinajstić information content (AvgIpc) is 1.46. The monoisotopic (exact) mass is 1620 g/mol. The third kappa shape index (κ3) is 22.7. The van der Waals surface area contributed by atoms with Crippen LogP contribution in [0, 0.1) is 40.4 Å². The number of alkyl halides is 2. The zero-order valence-corrected chi connectivity index (χ0v) is 65.9. The van der Waals surface area contributed by atoms with Gasteiger partial charge in [0.2, 0.25) is 41.4 Å². The number of aliphatic hydroxyl groups is 1. The second-order valence-electron chi connectivity index (χ2n) is 30.2. The number of aliphatic hydroxyl groups excluding tert-OH is 1. The molecule has 0 spiro atoms. The summed E-state index contributed by atoms with van der Waals surface area (Å²) in [5.41, 5.74) is 2.10. The maximum absolute atomic E-state index is 17.9. The van der Waals surface area contributed by atoms with E-state index in [4.69, 9.17) is 43.6 Å². The van der Waals surface area contributed by atoms with Crippen LogP contribution in [0.2, 0.25) is 0 Å². The van der Waals surface area contributed by atoms with Crippen LogP contribution in [-0.2, 0) is 99.0 Å². The molecule has 3 saturated carbocycles. The van der Waals surface area contributed by atoms with E-state index >= 15 is 8.78 Å². The lowest BCUT2D eigenvalue weighted by atomic mass is 9.44. The molecule has 0 radical (unpaired) electrons. The standard InChI is InChI=1S/C82H106F2N10O22/c1-6-12-72-115-66-43-57-58-42-60(83)59-41-56(95)28-30-79(59,4)81(58,84)64(96)44-80(57,5)82(66,116-72)65(97)48-113-49-89-70(101)45-88-78(108)114-47-51-18-22-55(23-19-51)90-74(103)61(16-11-31-87-77(85)107)92-75(104)73(50(2)3)93-68(99)25-24-62(76(105)106)91-69(100)29-33-109-35-37-111-39-40-112-38-36-110-34-32-86-67(98)26-27-71(102)94-46-54-15-8-7-13-52(54)20-21-53-14-9-10-17-63(53)94/h7-10,13-15,17-19,22-23,28,30,41,50,57-58,60-62,64,66,72-73,96H,6,11-12,16,24-27,29,31-40,42-49H2,1-5H3,(H,86,98)(H,88,108)(H,89,101)(H,90,103)(H,91,100)(H,92,104)(H,93,99)(H,105,106)(H3,85,87,107)/t57-,58-,60-,61-,62?,64-,66+,72?,73-,79-,80-,81-,82+/m0/s1. The number of nitrogens with zero attached hydrogens (tertiary/aromatic N) is 1. The van der Waals surface area contributed by atoms with Gasteiger partial charge in [-0.05, 0) is 123 Å². The van der Waals surface area contributed by atoms with E-state index in [2.05, 4.69) is 54.4 Å². The molecule has 32 nitrogen and oxygen atoms in total. The van der Waals surface area contributed by atoms with Crippen LogP contribution in [0.3, 0.4) is 0 Å². The Labute approximate surface area is 671 Å². The highest BCUT2D eigenvalue weighted by Crippen LogP contribution is 2.72. The first-order valence-corrected chi connectivity index (χ1v) is 39.2. The van der Waals surface area contributed by atoms with Crippen molar-refractivity contribution in [1.82, 2.24) is 37.2 Å². The molecule has 3 aromatic carbocycles. The van der Waals surface area contributed by atoms with Gasteiger partial charge in [-0.2, -0.15) is 0 Å². The topological polar surface area (TPSA) is 445 Å². The summed E-state index contributed by atoms with van der Waals surface area (Å²) in [5.74, 6) is -2.44. The smallest absolute Gasteiger partial charge is 0.407 e. The number of alkyl carbamates (subject to hydrolysis) is 1. The van der Waals surface area contributed by atoms with Gasteiger partial charge in [0.1, 0.15) is 50.8 Å². The molecule has 4 aliphatic carbocycles. The van der Waals surface area contributed by atoms with Crippen LogP contribution in [-0.4, -0.2) is 221 Å². The maximum atomic E-state index is 17.9. The van der Waals surface area contributed by atoms with Crippen molar-refractivity contribution in [3.8, 4) is 11.8 Å². The number of anilines is 2.